The van der Waals surface area contributed by atoms with Crippen LogP contribution in [0, 0.1) is 12.8 Å². The van der Waals surface area contributed by atoms with Crippen LogP contribution in [0.1, 0.15) is 25.4 Å². The van der Waals surface area contributed by atoms with Crippen molar-refractivity contribution in [2.45, 2.75) is 27.4 Å². The highest BCUT2D eigenvalue weighted by atomic mass is 35.5. The second-order valence-corrected chi connectivity index (χ2v) is 8.48. The number of fused-ring (bicyclic) bond motifs is 1. The summed E-state index contributed by atoms with van der Waals surface area (Å²) in [4.78, 5) is 26.1. The number of benzene rings is 1. The Morgan fingerprint density at radius 1 is 1.19 bits per heavy atom. The fraction of sp³-hybridized carbons (Fsp3) is 0.455. The van der Waals surface area contributed by atoms with Crippen molar-refractivity contribution in [2.24, 2.45) is 5.92 Å². The number of hydrogen-bond acceptors (Lipinski definition) is 6. The smallest absolute Gasteiger partial charge is 0.225 e. The monoisotopic (exact) mass is 442 g/mol. The number of piperazine rings is 1. The molecule has 3 heterocycles. The van der Waals surface area contributed by atoms with Gasteiger partial charge in [0.05, 0.1) is 16.8 Å². The number of carbonyl (C=O) groups is 1. The molecule has 0 N–H and O–H groups in total. The van der Waals surface area contributed by atoms with Gasteiger partial charge in [-0.25, -0.2) is 14.6 Å². The van der Waals surface area contributed by atoms with E-state index in [2.05, 4.69) is 4.90 Å². The lowest BCUT2D eigenvalue weighted by atomic mass is 10.1. The van der Waals surface area contributed by atoms with E-state index in [1.807, 2.05) is 49.9 Å². The normalized spacial score (nSPS) is 14.6. The summed E-state index contributed by atoms with van der Waals surface area (Å²) in [6, 6.07) is 7.54. The molecule has 0 unspecified atom stereocenters. The van der Waals surface area contributed by atoms with Gasteiger partial charge in [-0.05, 0) is 25.1 Å². The predicted octanol–water partition coefficient (Wildman–Crippen LogP) is 3.23. The van der Waals surface area contributed by atoms with Gasteiger partial charge in [-0.3, -0.25) is 4.79 Å². The molecule has 2 aromatic heterocycles. The van der Waals surface area contributed by atoms with E-state index in [1.54, 1.807) is 11.8 Å². The Balaban J connectivity index is 1.76. The summed E-state index contributed by atoms with van der Waals surface area (Å²) >= 11 is 6.21. The highest BCUT2D eigenvalue weighted by molar-refractivity contribution is 6.30. The lowest BCUT2D eigenvalue weighted by molar-refractivity contribution is -0.134. The second-order valence-electron chi connectivity index (χ2n) is 8.04. The zero-order valence-electron chi connectivity index (χ0n) is 18.3. The SMILES string of the molecule is COCc1nc(N2CCN(C(=O)C(C)C)CC2)c2c(C)nn(-c3cccc(Cl)c3)c2n1. The van der Waals surface area contributed by atoms with Crippen molar-refractivity contribution < 1.29 is 9.53 Å². The number of ether oxygens (including phenoxy) is 1. The standard InChI is InChI=1S/C22H27ClN6O2/c1-14(2)22(30)28-10-8-27(9-11-28)20-19-15(3)26-29(17-7-5-6-16(23)12-17)21(19)25-18(24-20)13-31-4/h5-7,12,14H,8-11,13H2,1-4H3. The molecule has 0 aliphatic carbocycles. The number of nitrogens with zero attached hydrogens (tertiary/aromatic N) is 6. The maximum absolute atomic E-state index is 12.4. The van der Waals surface area contributed by atoms with Crippen LogP contribution in [0.2, 0.25) is 5.02 Å². The molecule has 4 rings (SSSR count). The molecule has 0 atom stereocenters. The molecular weight excluding hydrogens is 416 g/mol. The van der Waals surface area contributed by atoms with Crippen LogP contribution in [-0.4, -0.2) is 63.8 Å². The molecular formula is C22H27ClN6O2. The lowest BCUT2D eigenvalue weighted by Crippen LogP contribution is -2.50. The molecule has 1 aromatic carbocycles. The van der Waals surface area contributed by atoms with Crippen molar-refractivity contribution in [2.75, 3.05) is 38.2 Å². The largest absolute Gasteiger partial charge is 0.377 e. The number of aryl methyl sites for hydroxylation is 1. The molecule has 0 saturated carbocycles. The van der Waals surface area contributed by atoms with Crippen molar-refractivity contribution in [3.05, 3.63) is 40.8 Å². The Morgan fingerprint density at radius 2 is 1.94 bits per heavy atom. The van der Waals surface area contributed by atoms with Crippen LogP contribution < -0.4 is 4.90 Å². The van der Waals surface area contributed by atoms with Gasteiger partial charge >= 0.3 is 0 Å². The first-order chi connectivity index (χ1) is 14.9. The summed E-state index contributed by atoms with van der Waals surface area (Å²) < 4.78 is 7.12. The summed E-state index contributed by atoms with van der Waals surface area (Å²) in [6.45, 7) is 8.89. The minimum Gasteiger partial charge on any atom is -0.377 e. The third kappa shape index (κ3) is 4.22. The molecule has 164 valence electrons. The van der Waals surface area contributed by atoms with Crippen LogP contribution in [-0.2, 0) is 16.1 Å². The van der Waals surface area contributed by atoms with Gasteiger partial charge in [0.15, 0.2) is 11.5 Å². The quantitative estimate of drug-likeness (QED) is 0.603. The molecule has 1 aliphatic heterocycles. The maximum atomic E-state index is 12.4. The number of amides is 1. The zero-order valence-corrected chi connectivity index (χ0v) is 19.1. The second kappa shape index (κ2) is 8.80. The van der Waals surface area contributed by atoms with E-state index in [-0.39, 0.29) is 11.8 Å². The zero-order chi connectivity index (χ0) is 22.1. The Bertz CT molecular complexity index is 1100. The first-order valence-electron chi connectivity index (χ1n) is 10.4. The van der Waals surface area contributed by atoms with Crippen molar-refractivity contribution >= 4 is 34.4 Å². The molecule has 31 heavy (non-hydrogen) atoms. The van der Waals surface area contributed by atoms with Gasteiger partial charge in [0.1, 0.15) is 12.4 Å². The average molecular weight is 443 g/mol. The highest BCUT2D eigenvalue weighted by Gasteiger charge is 2.27. The van der Waals surface area contributed by atoms with Crippen LogP contribution >= 0.6 is 11.6 Å². The predicted molar refractivity (Wildman–Crippen MR) is 121 cm³/mol. The topological polar surface area (TPSA) is 76.4 Å². The van der Waals surface area contributed by atoms with E-state index in [4.69, 9.17) is 31.4 Å². The number of rotatable bonds is 5. The Kier molecular flexibility index (Phi) is 6.11. The summed E-state index contributed by atoms with van der Waals surface area (Å²) in [7, 11) is 1.63. The van der Waals surface area contributed by atoms with Gasteiger partial charge in [0, 0.05) is 44.2 Å². The number of halogens is 1. The van der Waals surface area contributed by atoms with Crippen LogP contribution in [0.5, 0.6) is 0 Å². The molecule has 1 aliphatic rings. The molecule has 8 nitrogen and oxygen atoms in total. The van der Waals surface area contributed by atoms with E-state index < -0.39 is 0 Å². The lowest BCUT2D eigenvalue weighted by Gasteiger charge is -2.36. The van der Waals surface area contributed by atoms with E-state index in [1.165, 1.54) is 0 Å². The van der Waals surface area contributed by atoms with E-state index in [9.17, 15) is 4.79 Å². The van der Waals surface area contributed by atoms with Gasteiger partial charge in [0.25, 0.3) is 0 Å². The van der Waals surface area contributed by atoms with Gasteiger partial charge < -0.3 is 14.5 Å². The minimum atomic E-state index is 0.00351. The fourth-order valence-corrected chi connectivity index (χ4v) is 4.10. The summed E-state index contributed by atoms with van der Waals surface area (Å²) in [5, 5.41) is 6.29. The van der Waals surface area contributed by atoms with E-state index >= 15 is 0 Å². The average Bonchev–Trinajstić information content (AvgIpc) is 3.09. The summed E-state index contributed by atoms with van der Waals surface area (Å²) in [5.74, 6) is 1.62. The van der Waals surface area contributed by atoms with Crippen molar-refractivity contribution in [1.29, 1.82) is 0 Å². The molecule has 0 bridgehead atoms. The van der Waals surface area contributed by atoms with Crippen LogP contribution in [0.4, 0.5) is 5.82 Å². The molecule has 9 heteroatoms. The van der Waals surface area contributed by atoms with Crippen LogP contribution in [0.25, 0.3) is 16.7 Å². The number of methoxy groups -OCH3 is 1. The van der Waals surface area contributed by atoms with Crippen LogP contribution in [0.15, 0.2) is 24.3 Å². The first kappa shape index (κ1) is 21.5. The number of anilines is 1. The number of aromatic nitrogens is 4. The molecule has 3 aromatic rings. The number of carbonyl (C=O) groups excluding carboxylic acids is 1. The van der Waals surface area contributed by atoms with Crippen LogP contribution in [0.3, 0.4) is 0 Å². The summed E-state index contributed by atoms with van der Waals surface area (Å²) in [5.41, 5.74) is 2.40. The maximum Gasteiger partial charge on any atom is 0.225 e. The molecule has 0 radical (unpaired) electrons. The molecule has 1 saturated heterocycles. The van der Waals surface area contributed by atoms with E-state index in [0.29, 0.717) is 43.6 Å². The van der Waals surface area contributed by atoms with E-state index in [0.717, 1.165) is 28.2 Å². The first-order valence-corrected chi connectivity index (χ1v) is 10.8. The Hall–Kier alpha value is -2.71. The Labute approximate surface area is 186 Å². The van der Waals surface area contributed by atoms with Crippen molar-refractivity contribution in [1.82, 2.24) is 24.6 Å². The molecule has 1 amide bonds. The van der Waals surface area contributed by atoms with Gasteiger partial charge in [-0.1, -0.05) is 31.5 Å². The third-order valence-electron chi connectivity index (χ3n) is 5.44. The fourth-order valence-electron chi connectivity index (χ4n) is 3.92. The molecule has 0 spiro atoms. The van der Waals surface area contributed by atoms with Crippen molar-refractivity contribution in [3.8, 4) is 5.69 Å². The summed E-state index contributed by atoms with van der Waals surface area (Å²) in [6.07, 6.45) is 0. The highest BCUT2D eigenvalue weighted by Crippen LogP contribution is 2.30. The number of hydrogen-bond donors (Lipinski definition) is 0. The van der Waals surface area contributed by atoms with Crippen molar-refractivity contribution in [3.63, 3.8) is 0 Å². The van der Waals surface area contributed by atoms with Gasteiger partial charge in [-0.15, -0.1) is 0 Å². The molecule has 1 fully saturated rings. The van der Waals surface area contributed by atoms with Gasteiger partial charge in [0.2, 0.25) is 5.91 Å². The van der Waals surface area contributed by atoms with Gasteiger partial charge in [-0.2, -0.15) is 5.10 Å². The third-order valence-corrected chi connectivity index (χ3v) is 5.68. The minimum absolute atomic E-state index is 0.00351. The Morgan fingerprint density at radius 3 is 2.58 bits per heavy atom.